The van der Waals surface area contributed by atoms with E-state index in [1.807, 2.05) is 0 Å². The number of hydrogen-bond acceptors (Lipinski definition) is 5. The van der Waals surface area contributed by atoms with Crippen LogP contribution in [-0.4, -0.2) is 26.9 Å². The Hall–Kier alpha value is -2.34. The molecule has 0 bridgehead atoms. The number of aliphatic hydroxyl groups excluding tert-OH is 3. The van der Waals surface area contributed by atoms with Gasteiger partial charge in [0.05, 0.1) is 19.8 Å². The second-order valence-electron chi connectivity index (χ2n) is 8.32. The molecule has 0 aromatic heterocycles. The highest BCUT2D eigenvalue weighted by Gasteiger charge is 2.20. The summed E-state index contributed by atoms with van der Waals surface area (Å²) >= 11 is 0. The molecule has 5 heteroatoms. The number of aliphatic hydroxyl groups is 3. The minimum absolute atomic E-state index is 0.0355. The average molecular weight is 441 g/mol. The molecule has 2 rings (SSSR count). The van der Waals surface area contributed by atoms with Crippen molar-refractivity contribution >= 4 is 11.6 Å². The van der Waals surface area contributed by atoms with Crippen molar-refractivity contribution in [3.63, 3.8) is 0 Å². The molecule has 0 radical (unpaired) electrons. The van der Waals surface area contributed by atoms with E-state index >= 15 is 0 Å². The number of unbranched alkanes of at least 4 members (excludes halogenated alkanes) is 7. The van der Waals surface area contributed by atoms with E-state index in [0.29, 0.717) is 34.2 Å². The van der Waals surface area contributed by atoms with Crippen LogP contribution in [0.5, 0.6) is 0 Å². The molecule has 5 nitrogen and oxygen atoms in total. The summed E-state index contributed by atoms with van der Waals surface area (Å²) in [5, 5.41) is 28.9. The monoisotopic (exact) mass is 440 g/mol. The van der Waals surface area contributed by atoms with Crippen molar-refractivity contribution < 1.29 is 24.9 Å². The Bertz CT molecular complexity index is 845. The van der Waals surface area contributed by atoms with Gasteiger partial charge in [-0.3, -0.25) is 9.59 Å². The molecule has 2 aromatic carbocycles. The smallest absolute Gasteiger partial charge is 0.193 e. The van der Waals surface area contributed by atoms with Crippen LogP contribution in [0.15, 0.2) is 36.4 Å². The van der Waals surface area contributed by atoms with E-state index in [1.165, 1.54) is 32.1 Å². The van der Waals surface area contributed by atoms with Gasteiger partial charge in [-0.2, -0.15) is 0 Å². The van der Waals surface area contributed by atoms with Crippen LogP contribution < -0.4 is 0 Å². The lowest BCUT2D eigenvalue weighted by Gasteiger charge is -2.14. The highest BCUT2D eigenvalue weighted by molar-refractivity contribution is 6.11. The summed E-state index contributed by atoms with van der Waals surface area (Å²) in [6.45, 7) is 1.28. The summed E-state index contributed by atoms with van der Waals surface area (Å²) in [5.41, 5.74) is 2.42. The second-order valence-corrected chi connectivity index (χ2v) is 8.32. The Morgan fingerprint density at radius 3 is 1.72 bits per heavy atom. The lowest BCUT2D eigenvalue weighted by atomic mass is 9.90. The van der Waals surface area contributed by atoms with E-state index in [4.69, 9.17) is 0 Å². The van der Waals surface area contributed by atoms with E-state index in [9.17, 15) is 24.9 Å². The van der Waals surface area contributed by atoms with Crippen LogP contribution in [0.2, 0.25) is 0 Å². The Morgan fingerprint density at radius 2 is 1.22 bits per heavy atom. The summed E-state index contributed by atoms with van der Waals surface area (Å²) < 4.78 is 0. The summed E-state index contributed by atoms with van der Waals surface area (Å²) in [6.07, 6.45) is 9.62. The number of rotatable bonds is 15. The zero-order valence-electron chi connectivity index (χ0n) is 19.1. The molecule has 0 aliphatic heterocycles. The highest BCUT2D eigenvalue weighted by atomic mass is 16.3. The van der Waals surface area contributed by atoms with Crippen molar-refractivity contribution in [3.8, 4) is 0 Å². The van der Waals surface area contributed by atoms with Crippen molar-refractivity contribution in [2.75, 3.05) is 0 Å². The molecule has 0 amide bonds. The lowest BCUT2D eigenvalue weighted by molar-refractivity contribution is 0.0975. The molecule has 32 heavy (non-hydrogen) atoms. The maximum atomic E-state index is 13.1. The lowest BCUT2D eigenvalue weighted by Crippen LogP contribution is -2.13. The molecule has 0 aliphatic carbocycles. The largest absolute Gasteiger partial charge is 0.392 e. The van der Waals surface area contributed by atoms with Crippen molar-refractivity contribution in [3.05, 3.63) is 69.8 Å². The molecule has 0 saturated carbocycles. The Labute approximate surface area is 191 Å². The van der Waals surface area contributed by atoms with Gasteiger partial charge in [0.15, 0.2) is 11.6 Å². The van der Waals surface area contributed by atoms with Gasteiger partial charge in [0.2, 0.25) is 0 Å². The Balaban J connectivity index is 2.07. The molecule has 0 saturated heterocycles. The normalized spacial score (nSPS) is 11.0. The number of carbonyl (C=O) groups is 2. The SMILES string of the molecule is CCCCCCCCCCC(=O)c1cc(CO)c(C(=O)c2ccc(CO)cc2)c(CO)c1. The molecule has 0 fully saturated rings. The van der Waals surface area contributed by atoms with Crippen LogP contribution in [0.4, 0.5) is 0 Å². The summed E-state index contributed by atoms with van der Waals surface area (Å²) in [6, 6.07) is 9.68. The fraction of sp³-hybridized carbons (Fsp3) is 0.481. The maximum absolute atomic E-state index is 13.1. The van der Waals surface area contributed by atoms with E-state index < -0.39 is 13.2 Å². The molecule has 0 atom stereocenters. The third kappa shape index (κ3) is 7.37. The number of hydrogen-bond donors (Lipinski definition) is 3. The topological polar surface area (TPSA) is 94.8 Å². The molecular weight excluding hydrogens is 404 g/mol. The minimum atomic E-state index is -0.401. The van der Waals surface area contributed by atoms with E-state index in [1.54, 1.807) is 36.4 Å². The molecule has 0 unspecified atom stereocenters. The predicted molar refractivity (Wildman–Crippen MR) is 126 cm³/mol. The molecule has 0 heterocycles. The predicted octanol–water partition coefficient (Wildman–Crippen LogP) is 5.11. The molecular formula is C27H36O5. The number of carbonyl (C=O) groups excluding carboxylic acids is 2. The standard InChI is InChI=1S/C27H36O5/c1-2-3-4-5-6-7-8-9-10-25(31)22-15-23(18-29)26(24(16-22)19-30)27(32)21-13-11-20(17-28)12-14-21/h11-16,28-30H,2-10,17-19H2,1H3. The number of benzene rings is 2. The van der Waals surface area contributed by atoms with Gasteiger partial charge < -0.3 is 15.3 Å². The van der Waals surface area contributed by atoms with Gasteiger partial charge in [-0.25, -0.2) is 0 Å². The number of Topliss-reactive ketones (excluding diaryl/α,β-unsaturated/α-hetero) is 1. The fourth-order valence-electron chi connectivity index (χ4n) is 3.94. The third-order valence-corrected chi connectivity index (χ3v) is 5.85. The molecule has 3 N–H and O–H groups in total. The van der Waals surface area contributed by atoms with Gasteiger partial charge in [-0.15, -0.1) is 0 Å². The number of ketones is 2. The van der Waals surface area contributed by atoms with Gasteiger partial charge in [0, 0.05) is 23.1 Å². The van der Waals surface area contributed by atoms with Crippen molar-refractivity contribution in [1.29, 1.82) is 0 Å². The third-order valence-electron chi connectivity index (χ3n) is 5.85. The van der Waals surface area contributed by atoms with Gasteiger partial charge in [0.1, 0.15) is 0 Å². The van der Waals surface area contributed by atoms with Crippen molar-refractivity contribution in [2.45, 2.75) is 84.5 Å². The minimum Gasteiger partial charge on any atom is -0.392 e. The van der Waals surface area contributed by atoms with Gasteiger partial charge in [0.25, 0.3) is 0 Å². The van der Waals surface area contributed by atoms with Crippen LogP contribution in [0.1, 0.15) is 108 Å². The first kappa shape index (κ1) is 25.9. The van der Waals surface area contributed by atoms with E-state index in [2.05, 4.69) is 6.92 Å². The zero-order valence-corrected chi connectivity index (χ0v) is 19.1. The van der Waals surface area contributed by atoms with E-state index in [-0.39, 0.29) is 23.7 Å². The molecule has 0 aliphatic rings. The second kappa shape index (κ2) is 13.9. The van der Waals surface area contributed by atoms with E-state index in [0.717, 1.165) is 19.3 Å². The average Bonchev–Trinajstić information content (AvgIpc) is 2.84. The van der Waals surface area contributed by atoms with Gasteiger partial charge in [-0.1, -0.05) is 76.1 Å². The first-order valence-electron chi connectivity index (χ1n) is 11.7. The van der Waals surface area contributed by atoms with Crippen LogP contribution in [0.3, 0.4) is 0 Å². The molecule has 0 spiro atoms. The quantitative estimate of drug-likeness (QED) is 0.264. The molecule has 2 aromatic rings. The van der Waals surface area contributed by atoms with Crippen molar-refractivity contribution in [1.82, 2.24) is 0 Å². The Kier molecular flexibility index (Phi) is 11.3. The zero-order chi connectivity index (χ0) is 23.3. The van der Waals surface area contributed by atoms with Gasteiger partial charge >= 0.3 is 0 Å². The van der Waals surface area contributed by atoms with Crippen LogP contribution in [-0.2, 0) is 19.8 Å². The summed E-state index contributed by atoms with van der Waals surface area (Å²) in [5.74, 6) is -0.364. The van der Waals surface area contributed by atoms with Gasteiger partial charge in [-0.05, 0) is 35.2 Å². The maximum Gasteiger partial charge on any atom is 0.193 e. The first-order chi connectivity index (χ1) is 15.5. The Morgan fingerprint density at radius 1 is 0.688 bits per heavy atom. The highest BCUT2D eigenvalue weighted by Crippen LogP contribution is 2.24. The van der Waals surface area contributed by atoms with Crippen LogP contribution in [0, 0.1) is 0 Å². The summed E-state index contributed by atoms with van der Waals surface area (Å²) in [7, 11) is 0. The molecule has 174 valence electrons. The fourth-order valence-corrected chi connectivity index (χ4v) is 3.94. The van der Waals surface area contributed by atoms with Crippen LogP contribution >= 0.6 is 0 Å². The van der Waals surface area contributed by atoms with Crippen molar-refractivity contribution in [2.24, 2.45) is 0 Å². The summed E-state index contributed by atoms with van der Waals surface area (Å²) in [4.78, 5) is 25.8. The van der Waals surface area contributed by atoms with Crippen LogP contribution in [0.25, 0.3) is 0 Å². The first-order valence-corrected chi connectivity index (χ1v) is 11.7.